The van der Waals surface area contributed by atoms with Crippen LogP contribution < -0.4 is 5.73 Å². The van der Waals surface area contributed by atoms with Crippen molar-refractivity contribution in [3.8, 4) is 0 Å². The maximum absolute atomic E-state index is 6.03. The molecule has 1 aliphatic heterocycles. The Morgan fingerprint density at radius 2 is 2.21 bits per heavy atom. The van der Waals surface area contributed by atoms with Crippen LogP contribution in [0.25, 0.3) is 0 Å². The molecule has 0 radical (unpaired) electrons. The summed E-state index contributed by atoms with van der Waals surface area (Å²) < 4.78 is 6.03. The molecule has 2 aliphatic rings. The van der Waals surface area contributed by atoms with Crippen LogP contribution in [-0.2, 0) is 6.54 Å². The maximum Gasteiger partial charge on any atom is 0.118 e. The lowest BCUT2D eigenvalue weighted by atomic mass is 9.99. The number of likely N-dealkylation sites (tertiary alicyclic amines) is 1. The van der Waals surface area contributed by atoms with E-state index in [0.29, 0.717) is 12.0 Å². The minimum absolute atomic E-state index is 0.659. The molecule has 0 amide bonds. The Hall–Kier alpha value is -0.800. The van der Waals surface area contributed by atoms with Crippen LogP contribution in [-0.4, -0.2) is 24.0 Å². The summed E-state index contributed by atoms with van der Waals surface area (Å²) in [5, 5.41) is 0. The molecule has 2 N–H and O–H groups in total. The first kappa shape index (κ1) is 13.2. The van der Waals surface area contributed by atoms with Crippen molar-refractivity contribution in [2.75, 3.05) is 13.1 Å². The Balaban J connectivity index is 1.61. The summed E-state index contributed by atoms with van der Waals surface area (Å²) in [4.78, 5) is 2.56. The van der Waals surface area contributed by atoms with Gasteiger partial charge in [-0.25, -0.2) is 0 Å². The smallest absolute Gasteiger partial charge is 0.118 e. The SMILES string of the molecule is CC1CC1c1ccc(CN2CCCCC2CCN)o1. The third-order valence-electron chi connectivity index (χ3n) is 4.77. The lowest BCUT2D eigenvalue weighted by molar-refractivity contribution is 0.124. The number of hydrogen-bond acceptors (Lipinski definition) is 3. The fraction of sp³-hybridized carbons (Fsp3) is 0.750. The highest BCUT2D eigenvalue weighted by Gasteiger charge is 2.36. The van der Waals surface area contributed by atoms with Crippen LogP contribution >= 0.6 is 0 Å². The van der Waals surface area contributed by atoms with Gasteiger partial charge in [0.2, 0.25) is 0 Å². The van der Waals surface area contributed by atoms with Crippen molar-refractivity contribution in [2.45, 2.75) is 57.5 Å². The second-order valence-electron chi connectivity index (χ2n) is 6.32. The molecule has 1 saturated heterocycles. The highest BCUT2D eigenvalue weighted by atomic mass is 16.3. The van der Waals surface area contributed by atoms with Crippen LogP contribution in [0.2, 0.25) is 0 Å². The van der Waals surface area contributed by atoms with Crippen molar-refractivity contribution in [3.05, 3.63) is 23.7 Å². The number of nitrogens with zero attached hydrogens (tertiary/aromatic N) is 1. The lowest BCUT2D eigenvalue weighted by Crippen LogP contribution is -2.40. The number of piperidine rings is 1. The summed E-state index contributed by atoms with van der Waals surface area (Å²) in [6.07, 6.45) is 6.38. The van der Waals surface area contributed by atoms with Crippen LogP contribution in [0.1, 0.15) is 56.5 Å². The molecule has 3 atom stereocenters. The predicted octanol–water partition coefficient (Wildman–Crippen LogP) is 3.11. The summed E-state index contributed by atoms with van der Waals surface area (Å²) in [5.74, 6) is 3.85. The van der Waals surface area contributed by atoms with Gasteiger partial charge in [0.25, 0.3) is 0 Å². The summed E-state index contributed by atoms with van der Waals surface area (Å²) in [6, 6.07) is 5.02. The van der Waals surface area contributed by atoms with E-state index in [1.165, 1.54) is 38.0 Å². The first-order chi connectivity index (χ1) is 9.28. The molecular formula is C16H26N2O. The van der Waals surface area contributed by atoms with Gasteiger partial charge in [-0.1, -0.05) is 13.3 Å². The van der Waals surface area contributed by atoms with Crippen molar-refractivity contribution in [1.82, 2.24) is 4.90 Å². The molecule has 2 fully saturated rings. The summed E-state index contributed by atoms with van der Waals surface area (Å²) in [7, 11) is 0. The van der Waals surface area contributed by atoms with Gasteiger partial charge in [-0.15, -0.1) is 0 Å². The largest absolute Gasteiger partial charge is 0.464 e. The van der Waals surface area contributed by atoms with Crippen LogP contribution in [0.5, 0.6) is 0 Å². The molecule has 0 bridgehead atoms. The molecule has 3 unspecified atom stereocenters. The van der Waals surface area contributed by atoms with Gasteiger partial charge in [-0.3, -0.25) is 4.90 Å². The second kappa shape index (κ2) is 5.68. The number of hydrogen-bond donors (Lipinski definition) is 1. The van der Waals surface area contributed by atoms with E-state index < -0.39 is 0 Å². The van der Waals surface area contributed by atoms with Gasteiger partial charge in [-0.05, 0) is 56.8 Å². The van der Waals surface area contributed by atoms with Gasteiger partial charge in [-0.2, -0.15) is 0 Å². The zero-order valence-electron chi connectivity index (χ0n) is 12.0. The minimum Gasteiger partial charge on any atom is -0.464 e. The Morgan fingerprint density at radius 1 is 1.37 bits per heavy atom. The summed E-state index contributed by atoms with van der Waals surface area (Å²) >= 11 is 0. The maximum atomic E-state index is 6.03. The van der Waals surface area contributed by atoms with E-state index in [2.05, 4.69) is 24.0 Å². The molecule has 2 heterocycles. The Bertz CT molecular complexity index is 413. The van der Waals surface area contributed by atoms with Gasteiger partial charge in [0.1, 0.15) is 11.5 Å². The quantitative estimate of drug-likeness (QED) is 0.886. The van der Waals surface area contributed by atoms with E-state index in [9.17, 15) is 0 Å². The average molecular weight is 262 g/mol. The zero-order chi connectivity index (χ0) is 13.2. The average Bonchev–Trinajstić information content (AvgIpc) is 2.97. The van der Waals surface area contributed by atoms with Crippen LogP contribution in [0.15, 0.2) is 16.5 Å². The minimum atomic E-state index is 0.659. The van der Waals surface area contributed by atoms with E-state index in [4.69, 9.17) is 10.2 Å². The summed E-state index contributed by atoms with van der Waals surface area (Å²) in [6.45, 7) is 5.26. The van der Waals surface area contributed by atoms with Gasteiger partial charge in [0.15, 0.2) is 0 Å². The Labute approximate surface area is 116 Å². The standard InChI is InChI=1S/C16H26N2O/c1-12-10-15(12)16-6-5-14(19-16)11-18-9-3-2-4-13(18)7-8-17/h5-6,12-13,15H,2-4,7-11,17H2,1H3. The Kier molecular flexibility index (Phi) is 3.94. The van der Waals surface area contributed by atoms with E-state index in [1.54, 1.807) is 0 Å². The highest BCUT2D eigenvalue weighted by Crippen LogP contribution is 2.47. The molecule has 1 aromatic heterocycles. The van der Waals surface area contributed by atoms with E-state index in [1.807, 2.05) is 0 Å². The molecule has 0 spiro atoms. The lowest BCUT2D eigenvalue weighted by Gasteiger charge is -2.35. The normalized spacial score (nSPS) is 31.6. The number of furan rings is 1. The third-order valence-corrected chi connectivity index (χ3v) is 4.77. The van der Waals surface area contributed by atoms with Crippen molar-refractivity contribution < 1.29 is 4.42 Å². The highest BCUT2D eigenvalue weighted by molar-refractivity contribution is 5.17. The molecule has 19 heavy (non-hydrogen) atoms. The van der Waals surface area contributed by atoms with Crippen LogP contribution in [0.4, 0.5) is 0 Å². The third kappa shape index (κ3) is 3.03. The van der Waals surface area contributed by atoms with Crippen molar-refractivity contribution in [3.63, 3.8) is 0 Å². The van der Waals surface area contributed by atoms with Gasteiger partial charge in [0, 0.05) is 12.0 Å². The van der Waals surface area contributed by atoms with Gasteiger partial charge < -0.3 is 10.2 Å². The fourth-order valence-corrected chi connectivity index (χ4v) is 3.38. The summed E-state index contributed by atoms with van der Waals surface area (Å²) in [5.41, 5.74) is 5.73. The van der Waals surface area contributed by atoms with Crippen molar-refractivity contribution in [1.29, 1.82) is 0 Å². The van der Waals surface area contributed by atoms with Crippen LogP contribution in [0, 0.1) is 5.92 Å². The van der Waals surface area contributed by atoms with E-state index in [0.717, 1.165) is 31.2 Å². The second-order valence-corrected chi connectivity index (χ2v) is 6.32. The van der Waals surface area contributed by atoms with Gasteiger partial charge >= 0.3 is 0 Å². The molecule has 0 aromatic carbocycles. The van der Waals surface area contributed by atoms with E-state index >= 15 is 0 Å². The molecule has 3 rings (SSSR count). The molecule has 1 saturated carbocycles. The molecule has 1 aliphatic carbocycles. The molecular weight excluding hydrogens is 236 g/mol. The Morgan fingerprint density at radius 3 is 2.95 bits per heavy atom. The first-order valence-corrected chi connectivity index (χ1v) is 7.80. The molecule has 1 aromatic rings. The molecule has 3 nitrogen and oxygen atoms in total. The number of nitrogens with two attached hydrogens (primary N) is 1. The molecule has 3 heteroatoms. The van der Waals surface area contributed by atoms with Crippen molar-refractivity contribution in [2.24, 2.45) is 11.7 Å². The van der Waals surface area contributed by atoms with Crippen LogP contribution in [0.3, 0.4) is 0 Å². The predicted molar refractivity (Wildman–Crippen MR) is 77.0 cm³/mol. The van der Waals surface area contributed by atoms with Gasteiger partial charge in [0.05, 0.1) is 6.54 Å². The van der Waals surface area contributed by atoms with Crippen molar-refractivity contribution >= 4 is 0 Å². The molecule has 106 valence electrons. The fourth-order valence-electron chi connectivity index (χ4n) is 3.38. The topological polar surface area (TPSA) is 42.4 Å². The zero-order valence-corrected chi connectivity index (χ0v) is 12.0. The first-order valence-electron chi connectivity index (χ1n) is 7.80. The number of rotatable bonds is 5. The van der Waals surface area contributed by atoms with E-state index in [-0.39, 0.29) is 0 Å². The monoisotopic (exact) mass is 262 g/mol.